The summed E-state index contributed by atoms with van der Waals surface area (Å²) in [6, 6.07) is 21.3. The third kappa shape index (κ3) is 4.06. The zero-order valence-electron chi connectivity index (χ0n) is 15.5. The summed E-state index contributed by atoms with van der Waals surface area (Å²) in [6.07, 6.45) is 3.27. The molecule has 4 rings (SSSR count). The molecule has 3 aromatic rings. The van der Waals surface area contributed by atoms with Gasteiger partial charge in [-0.15, -0.1) is 0 Å². The average molecular weight is 433 g/mol. The fourth-order valence-corrected chi connectivity index (χ4v) is 3.29. The predicted molar refractivity (Wildman–Crippen MR) is 121 cm³/mol. The topological polar surface area (TPSA) is 68.5 Å². The molecule has 146 valence electrons. The number of anilines is 2. The molecule has 0 unspecified atom stereocenters. The van der Waals surface area contributed by atoms with Crippen LogP contribution in [-0.2, 0) is 4.79 Å². The molecule has 0 radical (unpaired) electrons. The number of amides is 1. The number of rotatable bonds is 3. The van der Waals surface area contributed by atoms with E-state index in [9.17, 15) is 10.1 Å². The maximum Gasteiger partial charge on any atom is 0.266 e. The van der Waals surface area contributed by atoms with Crippen molar-refractivity contribution < 1.29 is 4.79 Å². The van der Waals surface area contributed by atoms with E-state index in [1.54, 1.807) is 36.4 Å². The summed E-state index contributed by atoms with van der Waals surface area (Å²) in [5, 5.41) is 13.9. The number of nitrogens with zero attached hydrogens (tertiary/aromatic N) is 3. The van der Waals surface area contributed by atoms with Gasteiger partial charge in [0.05, 0.1) is 11.4 Å². The van der Waals surface area contributed by atoms with E-state index in [2.05, 4.69) is 10.3 Å². The maximum absolute atomic E-state index is 12.8. The lowest BCUT2D eigenvalue weighted by molar-refractivity contribution is -0.113. The van der Waals surface area contributed by atoms with Crippen molar-refractivity contribution >= 4 is 52.0 Å². The molecule has 1 aliphatic heterocycles. The van der Waals surface area contributed by atoms with E-state index in [4.69, 9.17) is 23.2 Å². The lowest BCUT2D eigenvalue weighted by atomic mass is 10.1. The molecule has 0 aliphatic carbocycles. The molecular weight excluding hydrogens is 419 g/mol. The van der Waals surface area contributed by atoms with Crippen LogP contribution in [0.3, 0.4) is 0 Å². The highest BCUT2D eigenvalue weighted by Gasteiger charge is 2.22. The van der Waals surface area contributed by atoms with Gasteiger partial charge in [0.1, 0.15) is 5.84 Å². The van der Waals surface area contributed by atoms with Gasteiger partial charge < -0.3 is 5.32 Å². The van der Waals surface area contributed by atoms with Gasteiger partial charge in [-0.3, -0.25) is 4.79 Å². The first-order valence-corrected chi connectivity index (χ1v) is 9.73. The first kappa shape index (κ1) is 19.7. The number of hydrogen-bond donors (Lipinski definition) is 1. The molecule has 0 bridgehead atoms. The summed E-state index contributed by atoms with van der Waals surface area (Å²) in [6.45, 7) is 0. The molecular formula is C23H14Cl2N4O. The van der Waals surface area contributed by atoms with Crippen LogP contribution in [0, 0.1) is 11.5 Å². The summed E-state index contributed by atoms with van der Waals surface area (Å²) in [4.78, 5) is 18.4. The minimum Gasteiger partial charge on any atom is -0.340 e. The zero-order valence-corrected chi connectivity index (χ0v) is 17.0. The molecule has 7 heteroatoms. The molecule has 5 nitrogen and oxygen atoms in total. The molecule has 0 fully saturated rings. The molecule has 0 aromatic heterocycles. The number of carbonyl (C=O) groups excluding carboxylic acids is 1. The Hall–Kier alpha value is -3.59. The SMILES string of the molecule is N#CN(C(=O)C=C1N=C(Nc2ccc(Cl)cc2)c2ccccc21)c1ccc(Cl)cc1. The number of hydrogen-bond acceptors (Lipinski definition) is 4. The number of benzene rings is 3. The lowest BCUT2D eigenvalue weighted by Crippen LogP contribution is -2.23. The van der Waals surface area contributed by atoms with E-state index in [-0.39, 0.29) is 0 Å². The van der Waals surface area contributed by atoms with Crippen molar-refractivity contribution in [3.8, 4) is 6.19 Å². The second-order valence-corrected chi connectivity index (χ2v) is 7.29. The van der Waals surface area contributed by atoms with Gasteiger partial charge in [0.2, 0.25) is 0 Å². The molecule has 0 saturated carbocycles. The van der Waals surface area contributed by atoms with Crippen LogP contribution in [0.15, 0.2) is 83.9 Å². The normalized spacial score (nSPS) is 13.4. The maximum atomic E-state index is 12.8. The summed E-state index contributed by atoms with van der Waals surface area (Å²) in [5.74, 6) is 0.114. The van der Waals surface area contributed by atoms with Crippen molar-refractivity contribution in [3.05, 3.63) is 100 Å². The summed E-state index contributed by atoms with van der Waals surface area (Å²) in [5.41, 5.74) is 3.39. The highest BCUT2D eigenvalue weighted by molar-refractivity contribution is 6.31. The number of amidine groups is 1. The Kier molecular flexibility index (Phi) is 5.53. The quantitative estimate of drug-likeness (QED) is 0.326. The number of carbonyl (C=O) groups is 1. The van der Waals surface area contributed by atoms with Crippen LogP contribution >= 0.6 is 23.2 Å². The Morgan fingerprint density at radius 3 is 2.17 bits per heavy atom. The van der Waals surface area contributed by atoms with E-state index in [0.29, 0.717) is 27.3 Å². The van der Waals surface area contributed by atoms with Crippen LogP contribution in [-0.4, -0.2) is 11.7 Å². The second-order valence-electron chi connectivity index (χ2n) is 6.42. The van der Waals surface area contributed by atoms with Crippen LogP contribution in [0.2, 0.25) is 10.0 Å². The smallest absolute Gasteiger partial charge is 0.266 e. The third-order valence-corrected chi connectivity index (χ3v) is 4.97. The molecule has 1 aliphatic rings. The van der Waals surface area contributed by atoms with Crippen LogP contribution in [0.25, 0.3) is 5.70 Å². The predicted octanol–water partition coefficient (Wildman–Crippen LogP) is 5.72. The summed E-state index contributed by atoms with van der Waals surface area (Å²) in [7, 11) is 0. The molecule has 3 aromatic carbocycles. The number of nitriles is 1. The van der Waals surface area contributed by atoms with Gasteiger partial charge in [-0.25, -0.2) is 9.89 Å². The van der Waals surface area contributed by atoms with Crippen LogP contribution in [0.4, 0.5) is 11.4 Å². The summed E-state index contributed by atoms with van der Waals surface area (Å²) < 4.78 is 0. The Bertz CT molecular complexity index is 1210. The molecule has 1 N–H and O–H groups in total. The molecule has 1 heterocycles. The minimum atomic E-state index is -0.499. The van der Waals surface area contributed by atoms with Crippen molar-refractivity contribution in [3.63, 3.8) is 0 Å². The highest BCUT2D eigenvalue weighted by Crippen LogP contribution is 2.30. The largest absolute Gasteiger partial charge is 0.340 e. The van der Waals surface area contributed by atoms with Gasteiger partial charge in [-0.05, 0) is 48.5 Å². The highest BCUT2D eigenvalue weighted by atomic mass is 35.5. The monoisotopic (exact) mass is 432 g/mol. The van der Waals surface area contributed by atoms with E-state index >= 15 is 0 Å². The second kappa shape index (κ2) is 8.42. The van der Waals surface area contributed by atoms with Crippen LogP contribution < -0.4 is 10.2 Å². The van der Waals surface area contributed by atoms with Crippen LogP contribution in [0.1, 0.15) is 11.1 Å². The lowest BCUT2D eigenvalue weighted by Gasteiger charge is -2.11. The third-order valence-electron chi connectivity index (χ3n) is 4.46. The summed E-state index contributed by atoms with van der Waals surface area (Å²) >= 11 is 11.8. The van der Waals surface area contributed by atoms with Crippen molar-refractivity contribution in [2.45, 2.75) is 0 Å². The Labute approximate surface area is 183 Å². The first-order valence-electron chi connectivity index (χ1n) is 8.97. The Balaban J connectivity index is 1.66. The van der Waals surface area contributed by atoms with Crippen molar-refractivity contribution in [2.75, 3.05) is 10.2 Å². The van der Waals surface area contributed by atoms with Crippen molar-refractivity contribution in [2.24, 2.45) is 4.99 Å². The van der Waals surface area contributed by atoms with E-state index in [1.165, 1.54) is 6.08 Å². The fourth-order valence-electron chi connectivity index (χ4n) is 3.04. The molecule has 1 amide bonds. The number of aliphatic imine (C=N–C) groups is 1. The van der Waals surface area contributed by atoms with Gasteiger partial charge in [0.25, 0.3) is 5.91 Å². The number of halogens is 2. The van der Waals surface area contributed by atoms with Gasteiger partial charge in [-0.2, -0.15) is 5.26 Å². The minimum absolute atomic E-state index is 0.429. The van der Waals surface area contributed by atoms with Gasteiger partial charge >= 0.3 is 0 Å². The van der Waals surface area contributed by atoms with Gasteiger partial charge in [-0.1, -0.05) is 47.5 Å². The molecule has 0 spiro atoms. The molecule has 0 saturated heterocycles. The standard InChI is InChI=1S/C23H14Cl2N4O/c24-15-5-9-17(10-6-15)27-23-20-4-2-1-3-19(20)21(28-23)13-22(30)29(14-26)18-11-7-16(25)8-12-18/h1-13H,(H,27,28). The van der Waals surface area contributed by atoms with Gasteiger partial charge in [0, 0.05) is 32.9 Å². The van der Waals surface area contributed by atoms with E-state index in [0.717, 1.165) is 21.7 Å². The first-order chi connectivity index (χ1) is 14.5. The number of fused-ring (bicyclic) bond motifs is 1. The van der Waals surface area contributed by atoms with Crippen molar-refractivity contribution in [1.82, 2.24) is 0 Å². The molecule has 30 heavy (non-hydrogen) atoms. The Morgan fingerprint density at radius 1 is 0.933 bits per heavy atom. The Morgan fingerprint density at radius 2 is 1.53 bits per heavy atom. The zero-order chi connectivity index (χ0) is 21.1. The average Bonchev–Trinajstić information content (AvgIpc) is 3.09. The van der Waals surface area contributed by atoms with Crippen LogP contribution in [0.5, 0.6) is 0 Å². The van der Waals surface area contributed by atoms with E-state index in [1.807, 2.05) is 42.6 Å². The van der Waals surface area contributed by atoms with Crippen molar-refractivity contribution in [1.29, 1.82) is 5.26 Å². The number of nitrogens with one attached hydrogen (secondary N) is 1. The molecule has 0 atom stereocenters. The van der Waals surface area contributed by atoms with Gasteiger partial charge in [0.15, 0.2) is 6.19 Å². The fraction of sp³-hybridized carbons (Fsp3) is 0. The van der Waals surface area contributed by atoms with E-state index < -0.39 is 5.91 Å².